The minimum Gasteiger partial charge on any atom is -0.135 e. The van der Waals surface area contributed by atoms with Crippen LogP contribution >= 0.6 is 11.3 Å². The quantitative estimate of drug-likeness (QED) is 0.343. The lowest BCUT2D eigenvalue weighted by atomic mass is 9.81. The topological polar surface area (TPSA) is 0 Å². The molecule has 0 amide bonds. The Morgan fingerprint density at radius 1 is 0.708 bits per heavy atom. The van der Waals surface area contributed by atoms with Gasteiger partial charge in [-0.1, -0.05) is 69.3 Å². The number of hydrogen-bond acceptors (Lipinski definition) is 1. The van der Waals surface area contributed by atoms with Crippen molar-refractivity contribution in [1.82, 2.24) is 0 Å². The van der Waals surface area contributed by atoms with Crippen molar-refractivity contribution in [3.8, 4) is 11.1 Å². The maximum absolute atomic E-state index is 2.29. The summed E-state index contributed by atoms with van der Waals surface area (Å²) >= 11 is 1.89. The zero-order valence-electron chi connectivity index (χ0n) is 14.7. The van der Waals surface area contributed by atoms with Gasteiger partial charge < -0.3 is 0 Å². The first-order valence-corrected chi connectivity index (χ1v) is 9.29. The van der Waals surface area contributed by atoms with Crippen molar-refractivity contribution < 1.29 is 0 Å². The van der Waals surface area contributed by atoms with Crippen LogP contribution in [0.4, 0.5) is 0 Å². The van der Waals surface area contributed by atoms with E-state index in [1.165, 1.54) is 42.4 Å². The van der Waals surface area contributed by atoms with Crippen LogP contribution in [0.3, 0.4) is 0 Å². The fourth-order valence-electron chi connectivity index (χ4n) is 3.74. The molecule has 0 saturated carbocycles. The number of hydrogen-bond donors (Lipinski definition) is 0. The largest absolute Gasteiger partial charge is 0.135 e. The summed E-state index contributed by atoms with van der Waals surface area (Å²) in [5.41, 5.74) is 5.69. The van der Waals surface area contributed by atoms with Crippen LogP contribution in [0.1, 0.15) is 31.9 Å². The van der Waals surface area contributed by atoms with Crippen molar-refractivity contribution in [2.75, 3.05) is 0 Å². The molecule has 4 aromatic rings. The fourth-order valence-corrected chi connectivity index (χ4v) is 4.87. The Labute approximate surface area is 147 Å². The van der Waals surface area contributed by atoms with Gasteiger partial charge in [-0.3, -0.25) is 0 Å². The highest BCUT2D eigenvalue weighted by Gasteiger charge is 2.19. The van der Waals surface area contributed by atoms with Crippen molar-refractivity contribution >= 4 is 31.5 Å². The van der Waals surface area contributed by atoms with Gasteiger partial charge in [0.25, 0.3) is 0 Å². The first-order chi connectivity index (χ1) is 11.5. The van der Waals surface area contributed by atoms with Crippen LogP contribution in [0.25, 0.3) is 31.3 Å². The van der Waals surface area contributed by atoms with Crippen LogP contribution < -0.4 is 0 Å². The van der Waals surface area contributed by atoms with Crippen LogP contribution in [0.5, 0.6) is 0 Å². The lowest BCUT2D eigenvalue weighted by molar-refractivity contribution is 0.586. The number of benzene rings is 3. The summed E-state index contributed by atoms with van der Waals surface area (Å²) in [6, 6.07) is 22.2. The van der Waals surface area contributed by atoms with E-state index in [9.17, 15) is 0 Å². The normalized spacial score (nSPS) is 12.2. The third-order valence-corrected chi connectivity index (χ3v) is 5.97. The van der Waals surface area contributed by atoms with E-state index in [1.54, 1.807) is 0 Å². The van der Waals surface area contributed by atoms with Gasteiger partial charge in [-0.05, 0) is 46.7 Å². The predicted octanol–water partition coefficient (Wildman–Crippen LogP) is 7.33. The van der Waals surface area contributed by atoms with E-state index in [4.69, 9.17) is 0 Å². The Morgan fingerprint density at radius 3 is 2.17 bits per heavy atom. The number of rotatable bonds is 1. The van der Waals surface area contributed by atoms with Gasteiger partial charge in [0.2, 0.25) is 0 Å². The molecule has 3 aromatic carbocycles. The molecular formula is C23H22S. The van der Waals surface area contributed by atoms with Crippen LogP contribution in [0.2, 0.25) is 0 Å². The van der Waals surface area contributed by atoms with Crippen LogP contribution in [-0.2, 0) is 5.41 Å². The number of fused-ring (bicyclic) bond motifs is 3. The molecule has 0 bridgehead atoms. The standard InChI is InChI=1S/C23H22S/c1-15-16(10-7-12-19(15)23(2,3)4)17-11-8-14-21-22(17)18-9-5-6-13-20(18)24-21/h5-14H,1-4H3. The van der Waals surface area contributed by atoms with E-state index >= 15 is 0 Å². The summed E-state index contributed by atoms with van der Waals surface area (Å²) in [7, 11) is 0. The van der Waals surface area contributed by atoms with E-state index in [-0.39, 0.29) is 5.41 Å². The highest BCUT2D eigenvalue weighted by atomic mass is 32.1. The summed E-state index contributed by atoms with van der Waals surface area (Å²) in [4.78, 5) is 0. The zero-order chi connectivity index (χ0) is 16.9. The van der Waals surface area contributed by atoms with Crippen LogP contribution in [0, 0.1) is 6.92 Å². The molecule has 0 spiro atoms. The average Bonchev–Trinajstić information content (AvgIpc) is 2.92. The summed E-state index contributed by atoms with van der Waals surface area (Å²) in [5, 5.41) is 2.76. The Morgan fingerprint density at radius 2 is 1.38 bits per heavy atom. The van der Waals surface area contributed by atoms with Gasteiger partial charge in [-0.2, -0.15) is 0 Å². The molecule has 24 heavy (non-hydrogen) atoms. The van der Waals surface area contributed by atoms with Gasteiger partial charge in [-0.25, -0.2) is 0 Å². The molecule has 1 heterocycles. The van der Waals surface area contributed by atoms with Gasteiger partial charge in [0.05, 0.1) is 0 Å². The third-order valence-electron chi connectivity index (χ3n) is 4.83. The van der Waals surface area contributed by atoms with E-state index in [1.807, 2.05) is 11.3 Å². The molecule has 0 aliphatic carbocycles. The minimum absolute atomic E-state index is 0.157. The van der Waals surface area contributed by atoms with Crippen LogP contribution in [-0.4, -0.2) is 0 Å². The molecule has 0 radical (unpaired) electrons. The molecule has 0 unspecified atom stereocenters. The minimum atomic E-state index is 0.157. The average molecular weight is 330 g/mol. The van der Waals surface area contributed by atoms with Crippen molar-refractivity contribution in [3.63, 3.8) is 0 Å². The summed E-state index contributed by atoms with van der Waals surface area (Å²) in [5.74, 6) is 0. The van der Waals surface area contributed by atoms with E-state index in [2.05, 4.69) is 88.4 Å². The second kappa shape index (κ2) is 5.46. The van der Waals surface area contributed by atoms with Crippen molar-refractivity contribution in [2.45, 2.75) is 33.1 Å². The Hall–Kier alpha value is -2.12. The van der Waals surface area contributed by atoms with Crippen molar-refractivity contribution in [3.05, 3.63) is 71.8 Å². The Kier molecular flexibility index (Phi) is 3.51. The maximum Gasteiger partial charge on any atom is 0.0361 e. The monoisotopic (exact) mass is 330 g/mol. The molecule has 120 valence electrons. The lowest BCUT2D eigenvalue weighted by Gasteiger charge is -2.23. The molecule has 0 aliphatic heterocycles. The van der Waals surface area contributed by atoms with E-state index < -0.39 is 0 Å². The Balaban J connectivity index is 2.08. The van der Waals surface area contributed by atoms with Gasteiger partial charge in [0.15, 0.2) is 0 Å². The zero-order valence-corrected chi connectivity index (χ0v) is 15.5. The fraction of sp³-hybridized carbons (Fsp3) is 0.217. The molecule has 0 saturated heterocycles. The molecule has 0 aliphatic rings. The first-order valence-electron chi connectivity index (χ1n) is 8.47. The van der Waals surface area contributed by atoms with Crippen LogP contribution in [0.15, 0.2) is 60.7 Å². The second-order valence-corrected chi connectivity index (χ2v) is 8.59. The molecule has 0 atom stereocenters. The van der Waals surface area contributed by atoms with Gasteiger partial charge in [-0.15, -0.1) is 11.3 Å². The smallest absolute Gasteiger partial charge is 0.0361 e. The predicted molar refractivity (Wildman–Crippen MR) is 108 cm³/mol. The molecular weight excluding hydrogens is 308 g/mol. The van der Waals surface area contributed by atoms with E-state index in [0.717, 1.165) is 0 Å². The molecule has 1 aromatic heterocycles. The van der Waals surface area contributed by atoms with Gasteiger partial charge in [0.1, 0.15) is 0 Å². The molecule has 0 nitrogen and oxygen atoms in total. The number of thiophene rings is 1. The molecule has 4 rings (SSSR count). The molecule has 0 N–H and O–H groups in total. The van der Waals surface area contributed by atoms with Gasteiger partial charge >= 0.3 is 0 Å². The third kappa shape index (κ3) is 2.35. The molecule has 1 heteroatoms. The maximum atomic E-state index is 2.29. The summed E-state index contributed by atoms with van der Waals surface area (Å²) in [6.07, 6.45) is 0. The molecule has 0 fully saturated rings. The highest BCUT2D eigenvalue weighted by molar-refractivity contribution is 7.25. The van der Waals surface area contributed by atoms with E-state index in [0.29, 0.717) is 0 Å². The summed E-state index contributed by atoms with van der Waals surface area (Å²) < 4.78 is 2.74. The highest BCUT2D eigenvalue weighted by Crippen LogP contribution is 2.41. The Bertz CT molecular complexity index is 1040. The van der Waals surface area contributed by atoms with Crippen molar-refractivity contribution in [1.29, 1.82) is 0 Å². The summed E-state index contributed by atoms with van der Waals surface area (Å²) in [6.45, 7) is 9.14. The second-order valence-electron chi connectivity index (χ2n) is 7.51. The van der Waals surface area contributed by atoms with Crippen molar-refractivity contribution in [2.24, 2.45) is 0 Å². The first kappa shape index (κ1) is 15.4. The SMILES string of the molecule is Cc1c(-c2cccc3sc4ccccc4c23)cccc1C(C)(C)C. The van der Waals surface area contributed by atoms with Gasteiger partial charge in [0, 0.05) is 20.2 Å². The lowest BCUT2D eigenvalue weighted by Crippen LogP contribution is -2.13.